The van der Waals surface area contributed by atoms with E-state index in [1.165, 1.54) is 19.3 Å². The van der Waals surface area contributed by atoms with Gasteiger partial charge >= 0.3 is 5.97 Å². The smallest absolute Gasteiger partial charge is 0.307 e. The Morgan fingerprint density at radius 2 is 1.78 bits per heavy atom. The molecule has 1 aromatic carbocycles. The molecule has 0 radical (unpaired) electrons. The van der Waals surface area contributed by atoms with Crippen molar-refractivity contribution in [3.05, 3.63) is 35.9 Å². The fraction of sp³-hybridized carbons (Fsp3) is 0.579. The number of nitrogens with two attached hydrogens (primary N) is 1. The second-order valence-corrected chi connectivity index (χ2v) is 6.74. The summed E-state index contributed by atoms with van der Waals surface area (Å²) in [7, 11) is 0. The van der Waals surface area contributed by atoms with E-state index < -0.39 is 17.9 Å². The van der Waals surface area contributed by atoms with Crippen molar-refractivity contribution >= 4 is 11.8 Å². The van der Waals surface area contributed by atoms with Crippen LogP contribution in [-0.4, -0.2) is 22.9 Å². The molecule has 0 bridgehead atoms. The Morgan fingerprint density at radius 1 is 1.13 bits per heavy atom. The van der Waals surface area contributed by atoms with E-state index in [0.29, 0.717) is 18.8 Å². The molecule has 1 aromatic rings. The molecule has 1 aliphatic rings. The molecule has 0 unspecified atom stereocenters. The van der Waals surface area contributed by atoms with Crippen LogP contribution in [-0.2, 0) is 16.0 Å². The Kier molecular flexibility index (Phi) is 6.78. The Labute approximate surface area is 138 Å². The van der Waals surface area contributed by atoms with Gasteiger partial charge in [-0.3, -0.25) is 9.59 Å². The first-order valence-electron chi connectivity index (χ1n) is 8.61. The molecular formula is C19H27NO3. The van der Waals surface area contributed by atoms with Crippen molar-refractivity contribution in [2.75, 3.05) is 0 Å². The van der Waals surface area contributed by atoms with Gasteiger partial charge in [0.1, 0.15) is 5.78 Å². The predicted octanol–water partition coefficient (Wildman–Crippen LogP) is 3.19. The van der Waals surface area contributed by atoms with Gasteiger partial charge in [0.05, 0.1) is 12.0 Å². The normalized spacial score (nSPS) is 18.3. The van der Waals surface area contributed by atoms with Crippen molar-refractivity contribution in [1.82, 2.24) is 0 Å². The van der Waals surface area contributed by atoms with Crippen LogP contribution in [0.25, 0.3) is 0 Å². The molecule has 3 N–H and O–H groups in total. The van der Waals surface area contributed by atoms with Crippen molar-refractivity contribution < 1.29 is 14.7 Å². The number of carboxylic acids is 1. The minimum Gasteiger partial charge on any atom is -0.481 e. The highest BCUT2D eigenvalue weighted by Crippen LogP contribution is 2.27. The maximum atomic E-state index is 12.3. The number of aliphatic carboxylic acids is 1. The Bertz CT molecular complexity index is 509. The summed E-state index contributed by atoms with van der Waals surface area (Å²) in [4.78, 5) is 23.8. The third kappa shape index (κ3) is 5.79. The lowest BCUT2D eigenvalue weighted by atomic mass is 9.83. The van der Waals surface area contributed by atoms with E-state index in [1.54, 1.807) is 0 Å². The third-order valence-corrected chi connectivity index (χ3v) is 4.85. The zero-order chi connectivity index (χ0) is 16.7. The number of carboxylic acid groups (broad SMARTS) is 1. The van der Waals surface area contributed by atoms with E-state index >= 15 is 0 Å². The van der Waals surface area contributed by atoms with Gasteiger partial charge in [-0.15, -0.1) is 0 Å². The molecule has 2 rings (SSSR count). The zero-order valence-electron chi connectivity index (χ0n) is 13.6. The fourth-order valence-electron chi connectivity index (χ4n) is 3.45. The highest BCUT2D eigenvalue weighted by atomic mass is 16.4. The van der Waals surface area contributed by atoms with E-state index in [2.05, 4.69) is 0 Å². The summed E-state index contributed by atoms with van der Waals surface area (Å²) >= 11 is 0. The summed E-state index contributed by atoms with van der Waals surface area (Å²) in [5, 5.41) is 9.39. The molecule has 0 aromatic heterocycles. The largest absolute Gasteiger partial charge is 0.481 e. The number of hydrogen-bond donors (Lipinski definition) is 2. The Balaban J connectivity index is 1.88. The molecule has 1 aliphatic carbocycles. The Hall–Kier alpha value is -1.68. The SMILES string of the molecule is N[C@@H](CC1CCCCC1)C(=O)C[C@@H](Cc1ccccc1)C(=O)O. The van der Waals surface area contributed by atoms with Gasteiger partial charge < -0.3 is 10.8 Å². The number of rotatable bonds is 8. The van der Waals surface area contributed by atoms with E-state index in [0.717, 1.165) is 18.4 Å². The van der Waals surface area contributed by atoms with Gasteiger partial charge in [0.2, 0.25) is 0 Å². The van der Waals surface area contributed by atoms with Crippen LogP contribution in [0, 0.1) is 11.8 Å². The molecule has 1 saturated carbocycles. The number of Topliss-reactive ketones (excluding diaryl/α,β-unsaturated/α-hetero) is 1. The lowest BCUT2D eigenvalue weighted by Gasteiger charge is -2.24. The van der Waals surface area contributed by atoms with Crippen molar-refractivity contribution in [1.29, 1.82) is 0 Å². The summed E-state index contributed by atoms with van der Waals surface area (Å²) in [6.45, 7) is 0. The molecule has 0 amide bonds. The summed E-state index contributed by atoms with van der Waals surface area (Å²) in [6, 6.07) is 8.92. The van der Waals surface area contributed by atoms with Crippen LogP contribution >= 0.6 is 0 Å². The molecule has 1 fully saturated rings. The fourth-order valence-corrected chi connectivity index (χ4v) is 3.45. The number of carbonyl (C=O) groups excluding carboxylic acids is 1. The van der Waals surface area contributed by atoms with Crippen LogP contribution in [0.2, 0.25) is 0 Å². The first-order valence-corrected chi connectivity index (χ1v) is 8.61. The molecule has 4 nitrogen and oxygen atoms in total. The van der Waals surface area contributed by atoms with Gasteiger partial charge in [0.25, 0.3) is 0 Å². The van der Waals surface area contributed by atoms with Crippen molar-refractivity contribution in [2.45, 2.75) is 57.4 Å². The van der Waals surface area contributed by atoms with Crippen molar-refractivity contribution in [3.63, 3.8) is 0 Å². The summed E-state index contributed by atoms with van der Waals surface area (Å²) in [5.41, 5.74) is 6.99. The topological polar surface area (TPSA) is 80.4 Å². The highest BCUT2D eigenvalue weighted by Gasteiger charge is 2.26. The Morgan fingerprint density at radius 3 is 2.39 bits per heavy atom. The van der Waals surface area contributed by atoms with Gasteiger partial charge in [-0.25, -0.2) is 0 Å². The average Bonchev–Trinajstić information content (AvgIpc) is 2.56. The maximum Gasteiger partial charge on any atom is 0.307 e. The van der Waals surface area contributed by atoms with Crippen LogP contribution in [0.3, 0.4) is 0 Å². The quantitative estimate of drug-likeness (QED) is 0.771. The first kappa shape index (κ1) is 17.7. The predicted molar refractivity (Wildman–Crippen MR) is 90.1 cm³/mol. The van der Waals surface area contributed by atoms with Gasteiger partial charge in [-0.2, -0.15) is 0 Å². The summed E-state index contributed by atoms with van der Waals surface area (Å²) in [6.07, 6.45) is 7.11. The zero-order valence-corrected chi connectivity index (χ0v) is 13.6. The lowest BCUT2D eigenvalue weighted by molar-refractivity contribution is -0.143. The van der Waals surface area contributed by atoms with E-state index in [-0.39, 0.29) is 12.2 Å². The van der Waals surface area contributed by atoms with E-state index in [4.69, 9.17) is 5.73 Å². The molecule has 0 aliphatic heterocycles. The van der Waals surface area contributed by atoms with Gasteiger partial charge in [0.15, 0.2) is 0 Å². The van der Waals surface area contributed by atoms with Crippen molar-refractivity contribution in [3.8, 4) is 0 Å². The molecule has 0 saturated heterocycles. The number of benzene rings is 1. The van der Waals surface area contributed by atoms with Crippen LogP contribution in [0.4, 0.5) is 0 Å². The number of hydrogen-bond acceptors (Lipinski definition) is 3. The van der Waals surface area contributed by atoms with Gasteiger partial charge in [0, 0.05) is 6.42 Å². The third-order valence-electron chi connectivity index (χ3n) is 4.85. The van der Waals surface area contributed by atoms with Gasteiger partial charge in [-0.05, 0) is 24.3 Å². The molecule has 126 valence electrons. The summed E-state index contributed by atoms with van der Waals surface area (Å²) in [5.74, 6) is -1.20. The maximum absolute atomic E-state index is 12.3. The van der Waals surface area contributed by atoms with Gasteiger partial charge in [-0.1, -0.05) is 62.4 Å². The van der Waals surface area contributed by atoms with Crippen LogP contribution in [0.1, 0.15) is 50.5 Å². The molecule has 4 heteroatoms. The second kappa shape index (κ2) is 8.82. The molecular weight excluding hydrogens is 290 g/mol. The molecule has 2 atom stereocenters. The number of carbonyl (C=O) groups is 2. The monoisotopic (exact) mass is 317 g/mol. The van der Waals surface area contributed by atoms with Crippen LogP contribution in [0.5, 0.6) is 0 Å². The first-order chi connectivity index (χ1) is 11.1. The van der Waals surface area contributed by atoms with Crippen molar-refractivity contribution in [2.24, 2.45) is 17.6 Å². The van der Waals surface area contributed by atoms with E-state index in [1.807, 2.05) is 30.3 Å². The molecule has 0 heterocycles. The average molecular weight is 317 g/mol. The molecule has 0 spiro atoms. The molecule has 23 heavy (non-hydrogen) atoms. The lowest BCUT2D eigenvalue weighted by Crippen LogP contribution is -2.35. The van der Waals surface area contributed by atoms with Crippen LogP contribution in [0.15, 0.2) is 30.3 Å². The summed E-state index contributed by atoms with van der Waals surface area (Å²) < 4.78 is 0. The highest BCUT2D eigenvalue weighted by molar-refractivity contribution is 5.87. The van der Waals surface area contributed by atoms with Crippen LogP contribution < -0.4 is 5.73 Å². The second-order valence-electron chi connectivity index (χ2n) is 6.74. The minimum absolute atomic E-state index is 0.0259. The standard InChI is InChI=1S/C19H27NO3/c20-17(12-15-9-5-2-6-10-15)18(21)13-16(19(22)23)11-14-7-3-1-4-8-14/h1,3-4,7-8,15-17H,2,5-6,9-13,20H2,(H,22,23)/t16-,17+/m1/s1. The number of ketones is 1. The van der Waals surface area contributed by atoms with E-state index in [9.17, 15) is 14.7 Å². The minimum atomic E-state index is -0.924.